The van der Waals surface area contributed by atoms with Crippen molar-refractivity contribution in [3.63, 3.8) is 0 Å². The molecule has 2 aliphatic heterocycles. The van der Waals surface area contributed by atoms with Crippen LogP contribution in [0, 0.1) is 16.0 Å². The molecule has 2 aliphatic rings. The first-order valence-electron chi connectivity index (χ1n) is 7.91. The number of anilines is 1. The molecule has 6 nitrogen and oxygen atoms in total. The third kappa shape index (κ3) is 3.75. The van der Waals surface area contributed by atoms with Crippen LogP contribution < -0.4 is 4.90 Å². The van der Waals surface area contributed by atoms with Gasteiger partial charge in [0.1, 0.15) is 0 Å². The lowest BCUT2D eigenvalue weighted by Gasteiger charge is -2.33. The minimum Gasteiger partial charge on any atom is -0.381 e. The molecule has 3 rings (SSSR count). The predicted molar refractivity (Wildman–Crippen MR) is 83.2 cm³/mol. The summed E-state index contributed by atoms with van der Waals surface area (Å²) >= 11 is 0. The van der Waals surface area contributed by atoms with E-state index in [1.54, 1.807) is 12.1 Å². The second-order valence-electron chi connectivity index (χ2n) is 6.02. The van der Waals surface area contributed by atoms with Crippen LogP contribution in [0.4, 0.5) is 11.4 Å². The molecule has 1 unspecified atom stereocenters. The molecule has 1 atom stereocenters. The Hall–Kier alpha value is -1.66. The van der Waals surface area contributed by atoms with E-state index in [-0.39, 0.29) is 10.6 Å². The van der Waals surface area contributed by atoms with Crippen LogP contribution in [-0.4, -0.2) is 43.9 Å². The summed E-state index contributed by atoms with van der Waals surface area (Å²) in [7, 11) is 0. The van der Waals surface area contributed by atoms with Crippen molar-refractivity contribution in [1.29, 1.82) is 0 Å². The van der Waals surface area contributed by atoms with Crippen molar-refractivity contribution < 1.29 is 14.4 Å². The molecule has 0 bridgehead atoms. The van der Waals surface area contributed by atoms with E-state index in [0.717, 1.165) is 57.9 Å². The topological polar surface area (TPSA) is 64.8 Å². The molecule has 1 aromatic carbocycles. The highest BCUT2D eigenvalue weighted by Crippen LogP contribution is 2.24. The van der Waals surface area contributed by atoms with Crippen molar-refractivity contribution in [3.05, 3.63) is 34.4 Å². The Kier molecular flexibility index (Phi) is 4.90. The smallest absolute Gasteiger partial charge is 0.269 e. The maximum absolute atomic E-state index is 10.7. The van der Waals surface area contributed by atoms with Crippen LogP contribution in [0.2, 0.25) is 0 Å². The van der Waals surface area contributed by atoms with E-state index in [2.05, 4.69) is 4.90 Å². The summed E-state index contributed by atoms with van der Waals surface area (Å²) in [6.45, 7) is 4.38. The number of nitro benzene ring substituents is 1. The first kappa shape index (κ1) is 15.2. The van der Waals surface area contributed by atoms with Gasteiger partial charge in [-0.3, -0.25) is 10.1 Å². The van der Waals surface area contributed by atoms with Gasteiger partial charge in [0.2, 0.25) is 0 Å². The average Bonchev–Trinajstić information content (AvgIpc) is 3.07. The van der Waals surface area contributed by atoms with Crippen LogP contribution in [0.15, 0.2) is 24.3 Å². The maximum Gasteiger partial charge on any atom is 0.269 e. The molecule has 0 aliphatic carbocycles. The van der Waals surface area contributed by atoms with Gasteiger partial charge in [-0.15, -0.1) is 0 Å². The van der Waals surface area contributed by atoms with Gasteiger partial charge in [-0.05, 0) is 31.4 Å². The monoisotopic (exact) mass is 306 g/mol. The van der Waals surface area contributed by atoms with E-state index in [9.17, 15) is 10.1 Å². The van der Waals surface area contributed by atoms with Crippen LogP contribution in [0.25, 0.3) is 0 Å². The second kappa shape index (κ2) is 7.07. The number of rotatable bonds is 5. The molecule has 120 valence electrons. The third-order valence-corrected chi connectivity index (χ3v) is 4.46. The second-order valence-corrected chi connectivity index (χ2v) is 6.02. The van der Waals surface area contributed by atoms with Crippen molar-refractivity contribution in [2.24, 2.45) is 5.92 Å². The van der Waals surface area contributed by atoms with E-state index in [1.165, 1.54) is 0 Å². The Bertz CT molecular complexity index is 491. The van der Waals surface area contributed by atoms with Crippen LogP contribution in [0.3, 0.4) is 0 Å². The maximum atomic E-state index is 10.7. The van der Waals surface area contributed by atoms with Gasteiger partial charge in [0.05, 0.1) is 24.2 Å². The van der Waals surface area contributed by atoms with E-state index < -0.39 is 0 Å². The van der Waals surface area contributed by atoms with Crippen molar-refractivity contribution in [2.45, 2.75) is 25.4 Å². The number of hydrogen-bond acceptors (Lipinski definition) is 5. The van der Waals surface area contributed by atoms with Crippen LogP contribution >= 0.6 is 0 Å². The van der Waals surface area contributed by atoms with Crippen molar-refractivity contribution >= 4 is 11.4 Å². The first-order chi connectivity index (χ1) is 10.7. The van der Waals surface area contributed by atoms with Crippen LogP contribution in [0.5, 0.6) is 0 Å². The predicted octanol–water partition coefficient (Wildman–Crippen LogP) is 2.62. The highest BCUT2D eigenvalue weighted by atomic mass is 16.6. The molecule has 2 saturated heterocycles. The minimum absolute atomic E-state index is 0.140. The van der Waals surface area contributed by atoms with Gasteiger partial charge in [0, 0.05) is 43.4 Å². The van der Waals surface area contributed by atoms with E-state index >= 15 is 0 Å². The number of nitrogens with zero attached hydrogens (tertiary/aromatic N) is 2. The van der Waals surface area contributed by atoms with Gasteiger partial charge in [0.15, 0.2) is 0 Å². The largest absolute Gasteiger partial charge is 0.381 e. The molecule has 0 saturated carbocycles. The van der Waals surface area contributed by atoms with Crippen molar-refractivity contribution in [2.75, 3.05) is 37.8 Å². The minimum atomic E-state index is -0.364. The number of non-ortho nitro benzene ring substituents is 1. The van der Waals surface area contributed by atoms with E-state index in [0.29, 0.717) is 12.0 Å². The fourth-order valence-electron chi connectivity index (χ4n) is 3.05. The van der Waals surface area contributed by atoms with Crippen molar-refractivity contribution in [1.82, 2.24) is 0 Å². The van der Waals surface area contributed by atoms with Gasteiger partial charge in [-0.25, -0.2) is 0 Å². The van der Waals surface area contributed by atoms with Crippen LogP contribution in [-0.2, 0) is 9.47 Å². The standard InChI is InChI=1S/C16H22N2O4/c19-18(20)15-3-1-14(2-4-15)17-8-5-16(6-9-17)22-12-13-7-10-21-11-13/h1-4,13,16H,5-12H2. The van der Waals surface area contributed by atoms with E-state index in [1.807, 2.05) is 12.1 Å². The summed E-state index contributed by atoms with van der Waals surface area (Å²) in [5.74, 6) is 0.563. The summed E-state index contributed by atoms with van der Waals surface area (Å²) in [6, 6.07) is 6.79. The SMILES string of the molecule is O=[N+]([O-])c1ccc(N2CCC(OCC3CCOC3)CC2)cc1. The molecule has 22 heavy (non-hydrogen) atoms. The molecule has 1 aromatic rings. The summed E-state index contributed by atoms with van der Waals surface area (Å²) in [6.07, 6.45) is 3.45. The van der Waals surface area contributed by atoms with Gasteiger partial charge in [-0.2, -0.15) is 0 Å². The number of hydrogen-bond donors (Lipinski definition) is 0. The van der Waals surface area contributed by atoms with Gasteiger partial charge in [0.25, 0.3) is 5.69 Å². The lowest BCUT2D eigenvalue weighted by Crippen LogP contribution is -2.37. The molecular weight excluding hydrogens is 284 g/mol. The number of ether oxygens (including phenoxy) is 2. The fraction of sp³-hybridized carbons (Fsp3) is 0.625. The zero-order chi connectivity index (χ0) is 15.4. The molecule has 2 heterocycles. The Morgan fingerprint density at radius 1 is 1.23 bits per heavy atom. The van der Waals surface area contributed by atoms with E-state index in [4.69, 9.17) is 9.47 Å². The number of piperidine rings is 1. The normalized spacial score (nSPS) is 22.9. The van der Waals surface area contributed by atoms with Gasteiger partial charge < -0.3 is 14.4 Å². The summed E-state index contributed by atoms with van der Waals surface area (Å²) < 4.78 is 11.4. The van der Waals surface area contributed by atoms with Gasteiger partial charge >= 0.3 is 0 Å². The molecular formula is C16H22N2O4. The zero-order valence-electron chi connectivity index (χ0n) is 12.6. The molecule has 0 amide bonds. The van der Waals surface area contributed by atoms with Crippen molar-refractivity contribution in [3.8, 4) is 0 Å². The molecule has 6 heteroatoms. The lowest BCUT2D eigenvalue weighted by molar-refractivity contribution is -0.384. The Balaban J connectivity index is 1.45. The third-order valence-electron chi connectivity index (χ3n) is 4.46. The molecule has 0 radical (unpaired) electrons. The number of benzene rings is 1. The Labute approximate surface area is 130 Å². The highest BCUT2D eigenvalue weighted by Gasteiger charge is 2.23. The molecule has 0 aromatic heterocycles. The summed E-state index contributed by atoms with van der Waals surface area (Å²) in [4.78, 5) is 12.6. The molecule has 0 spiro atoms. The molecule has 2 fully saturated rings. The Morgan fingerprint density at radius 2 is 1.95 bits per heavy atom. The average molecular weight is 306 g/mol. The first-order valence-corrected chi connectivity index (χ1v) is 7.91. The quantitative estimate of drug-likeness (QED) is 0.618. The fourth-order valence-corrected chi connectivity index (χ4v) is 3.05. The summed E-state index contributed by atoms with van der Waals surface area (Å²) in [5.41, 5.74) is 1.19. The zero-order valence-corrected chi connectivity index (χ0v) is 12.6. The van der Waals surface area contributed by atoms with Gasteiger partial charge in [-0.1, -0.05) is 0 Å². The lowest BCUT2D eigenvalue weighted by atomic mass is 10.1. The molecule has 0 N–H and O–H groups in total. The number of nitro groups is 1. The summed E-state index contributed by atoms with van der Waals surface area (Å²) in [5, 5.41) is 10.7. The van der Waals surface area contributed by atoms with Crippen LogP contribution in [0.1, 0.15) is 19.3 Å². The highest BCUT2D eigenvalue weighted by molar-refractivity contribution is 5.51. The Morgan fingerprint density at radius 3 is 2.55 bits per heavy atom.